The predicted molar refractivity (Wildman–Crippen MR) is 115 cm³/mol. The molecule has 156 valence electrons. The Morgan fingerprint density at radius 1 is 1.03 bits per heavy atom. The van der Waals surface area contributed by atoms with Gasteiger partial charge in [0.1, 0.15) is 11.5 Å². The molecule has 0 spiro atoms. The Labute approximate surface area is 177 Å². The first-order chi connectivity index (χ1) is 15.2. The maximum absolute atomic E-state index is 11.9. The quantitative estimate of drug-likeness (QED) is 0.348. The second-order valence-electron chi connectivity index (χ2n) is 6.40. The Balaban J connectivity index is 1.26. The number of anilines is 1. The fourth-order valence-electron chi connectivity index (χ4n) is 2.75. The average Bonchev–Trinajstić information content (AvgIpc) is 3.25. The van der Waals surface area contributed by atoms with Gasteiger partial charge in [0.15, 0.2) is 6.61 Å². The highest BCUT2D eigenvalue weighted by Gasteiger charge is 2.10. The number of fused-ring (bicyclic) bond motifs is 1. The molecular formula is C22H19N5O4. The van der Waals surface area contributed by atoms with Crippen LogP contribution in [0.4, 0.5) is 10.8 Å². The summed E-state index contributed by atoms with van der Waals surface area (Å²) in [5.74, 6) is 1.64. The summed E-state index contributed by atoms with van der Waals surface area (Å²) < 4.78 is 16.1. The molecule has 0 aliphatic heterocycles. The molecule has 0 saturated carbocycles. The van der Waals surface area contributed by atoms with Crippen LogP contribution in [-0.2, 0) is 6.61 Å². The smallest absolute Gasteiger partial charge is 0.343 e. The number of amides is 2. The lowest BCUT2D eigenvalue weighted by molar-refractivity contribution is 0.250. The minimum atomic E-state index is -0.615. The number of urea groups is 1. The number of ether oxygens (including phenoxy) is 2. The van der Waals surface area contributed by atoms with Crippen molar-refractivity contribution >= 4 is 29.0 Å². The molecule has 2 N–H and O–H groups in total. The van der Waals surface area contributed by atoms with Crippen LogP contribution in [0.15, 0.2) is 76.2 Å². The van der Waals surface area contributed by atoms with Crippen LogP contribution in [0.3, 0.4) is 0 Å². The number of hydrogen-bond acceptors (Lipinski definition) is 7. The molecule has 1 heterocycles. The summed E-state index contributed by atoms with van der Waals surface area (Å²) in [4.78, 5) is 11.9. The topological polar surface area (TPSA) is 111 Å². The lowest BCUT2D eigenvalue weighted by Crippen LogP contribution is -2.24. The third-order valence-corrected chi connectivity index (χ3v) is 4.27. The zero-order valence-electron chi connectivity index (χ0n) is 16.6. The summed E-state index contributed by atoms with van der Waals surface area (Å²) in [5, 5.41) is 16.1. The number of carbonyl (C=O) groups is 1. The Hall–Kier alpha value is -4.40. The van der Waals surface area contributed by atoms with Gasteiger partial charge in [-0.2, -0.15) is 5.10 Å². The SMILES string of the molecule is COc1ccc(/C=N\NC(=O)Nc2nnc(COc3ccc4ccccc4c3)o2)cc1. The molecule has 3 aromatic carbocycles. The van der Waals surface area contributed by atoms with Gasteiger partial charge in [0, 0.05) is 0 Å². The lowest BCUT2D eigenvalue weighted by atomic mass is 10.1. The van der Waals surface area contributed by atoms with Crippen molar-refractivity contribution in [2.75, 3.05) is 12.4 Å². The maximum Gasteiger partial charge on any atom is 0.343 e. The molecule has 0 saturated heterocycles. The zero-order valence-corrected chi connectivity index (χ0v) is 16.6. The number of nitrogens with one attached hydrogen (secondary N) is 2. The summed E-state index contributed by atoms with van der Waals surface area (Å²) in [6.45, 7) is 0.0737. The van der Waals surface area contributed by atoms with Crippen molar-refractivity contribution in [1.29, 1.82) is 0 Å². The molecule has 0 unspecified atom stereocenters. The van der Waals surface area contributed by atoms with Crippen LogP contribution < -0.4 is 20.2 Å². The molecule has 4 rings (SSSR count). The van der Waals surface area contributed by atoms with Crippen molar-refractivity contribution in [1.82, 2.24) is 15.6 Å². The Morgan fingerprint density at radius 3 is 2.61 bits per heavy atom. The van der Waals surface area contributed by atoms with Gasteiger partial charge in [0.2, 0.25) is 0 Å². The average molecular weight is 417 g/mol. The first-order valence-electron chi connectivity index (χ1n) is 9.38. The summed E-state index contributed by atoms with van der Waals surface area (Å²) in [5.41, 5.74) is 3.12. The van der Waals surface area contributed by atoms with Gasteiger partial charge in [-0.05, 0) is 52.7 Å². The summed E-state index contributed by atoms with van der Waals surface area (Å²) in [6.07, 6.45) is 1.50. The maximum atomic E-state index is 11.9. The molecular weight excluding hydrogens is 398 g/mol. The second-order valence-corrected chi connectivity index (χ2v) is 6.40. The Morgan fingerprint density at radius 2 is 1.81 bits per heavy atom. The largest absolute Gasteiger partial charge is 0.497 e. The van der Waals surface area contributed by atoms with Crippen molar-refractivity contribution in [3.63, 3.8) is 0 Å². The Kier molecular flexibility index (Phi) is 6.03. The van der Waals surface area contributed by atoms with E-state index >= 15 is 0 Å². The van der Waals surface area contributed by atoms with E-state index in [4.69, 9.17) is 13.9 Å². The van der Waals surface area contributed by atoms with E-state index < -0.39 is 6.03 Å². The van der Waals surface area contributed by atoms with Crippen LogP contribution in [-0.4, -0.2) is 29.6 Å². The number of aromatic nitrogens is 2. The van der Waals surface area contributed by atoms with Crippen LogP contribution in [0.5, 0.6) is 11.5 Å². The zero-order chi connectivity index (χ0) is 21.5. The minimum absolute atomic E-state index is 0.0609. The van der Waals surface area contributed by atoms with E-state index in [9.17, 15) is 4.79 Å². The van der Waals surface area contributed by atoms with E-state index in [0.717, 1.165) is 22.1 Å². The van der Waals surface area contributed by atoms with E-state index in [2.05, 4.69) is 26.0 Å². The number of rotatable bonds is 7. The van der Waals surface area contributed by atoms with Crippen molar-refractivity contribution in [3.8, 4) is 11.5 Å². The summed E-state index contributed by atoms with van der Waals surface area (Å²) in [6, 6.07) is 20.3. The number of nitrogens with zero attached hydrogens (tertiary/aromatic N) is 3. The highest BCUT2D eigenvalue weighted by atomic mass is 16.5. The first kappa shape index (κ1) is 19.9. The van der Waals surface area contributed by atoms with E-state index in [0.29, 0.717) is 5.75 Å². The normalized spacial score (nSPS) is 10.9. The van der Waals surface area contributed by atoms with Crippen LogP contribution in [0.1, 0.15) is 11.5 Å². The van der Waals surface area contributed by atoms with Gasteiger partial charge in [0.25, 0.3) is 5.89 Å². The standard InChI is InChI=1S/C22H19N5O4/c1-29-18-9-6-15(7-10-18)13-23-26-21(28)24-22-27-25-20(31-22)14-30-19-11-8-16-4-2-3-5-17(16)12-19/h2-13H,14H2,1H3,(H2,24,26,27,28)/b23-13-. The van der Waals surface area contributed by atoms with Crippen LogP contribution in [0.2, 0.25) is 0 Å². The number of hydrogen-bond donors (Lipinski definition) is 2. The van der Waals surface area contributed by atoms with E-state index in [-0.39, 0.29) is 18.5 Å². The van der Waals surface area contributed by atoms with Crippen LogP contribution >= 0.6 is 0 Å². The highest BCUT2D eigenvalue weighted by Crippen LogP contribution is 2.21. The molecule has 9 heteroatoms. The van der Waals surface area contributed by atoms with Crippen molar-refractivity contribution in [2.24, 2.45) is 5.10 Å². The molecule has 2 amide bonds. The van der Waals surface area contributed by atoms with Gasteiger partial charge in [-0.1, -0.05) is 35.4 Å². The Bertz CT molecular complexity index is 1200. The molecule has 0 radical (unpaired) electrons. The summed E-state index contributed by atoms with van der Waals surface area (Å²) in [7, 11) is 1.59. The first-order valence-corrected chi connectivity index (χ1v) is 9.38. The number of hydrazone groups is 1. The number of methoxy groups -OCH3 is 1. The third kappa shape index (κ3) is 5.36. The molecule has 0 bridgehead atoms. The molecule has 4 aromatic rings. The molecule has 9 nitrogen and oxygen atoms in total. The molecule has 0 aliphatic carbocycles. The van der Waals surface area contributed by atoms with Gasteiger partial charge in [-0.15, -0.1) is 5.10 Å². The fourth-order valence-corrected chi connectivity index (χ4v) is 2.75. The van der Waals surface area contributed by atoms with Crippen LogP contribution in [0.25, 0.3) is 10.8 Å². The molecule has 31 heavy (non-hydrogen) atoms. The minimum Gasteiger partial charge on any atom is -0.497 e. The predicted octanol–water partition coefficient (Wildman–Crippen LogP) is 3.97. The number of carbonyl (C=O) groups excluding carboxylic acids is 1. The van der Waals surface area contributed by atoms with Gasteiger partial charge in [-0.25, -0.2) is 10.2 Å². The van der Waals surface area contributed by atoms with E-state index in [1.165, 1.54) is 6.21 Å². The lowest BCUT2D eigenvalue weighted by Gasteiger charge is -2.04. The molecule has 0 aliphatic rings. The van der Waals surface area contributed by atoms with Crippen molar-refractivity contribution in [3.05, 3.63) is 78.2 Å². The van der Waals surface area contributed by atoms with E-state index in [1.807, 2.05) is 54.6 Å². The van der Waals surface area contributed by atoms with Gasteiger partial charge < -0.3 is 13.9 Å². The fraction of sp³-hybridized carbons (Fsp3) is 0.0909. The summed E-state index contributed by atoms with van der Waals surface area (Å²) >= 11 is 0. The molecule has 1 aromatic heterocycles. The molecule has 0 fully saturated rings. The number of benzene rings is 3. The van der Waals surface area contributed by atoms with Crippen molar-refractivity contribution in [2.45, 2.75) is 6.61 Å². The second kappa shape index (κ2) is 9.40. The van der Waals surface area contributed by atoms with E-state index in [1.54, 1.807) is 19.2 Å². The van der Waals surface area contributed by atoms with Crippen LogP contribution in [0, 0.1) is 0 Å². The monoisotopic (exact) mass is 417 g/mol. The third-order valence-electron chi connectivity index (χ3n) is 4.27. The van der Waals surface area contributed by atoms with Gasteiger partial charge in [0.05, 0.1) is 13.3 Å². The highest BCUT2D eigenvalue weighted by molar-refractivity contribution is 5.88. The van der Waals surface area contributed by atoms with Gasteiger partial charge in [-0.3, -0.25) is 5.32 Å². The van der Waals surface area contributed by atoms with Gasteiger partial charge >= 0.3 is 12.0 Å². The van der Waals surface area contributed by atoms with Crippen molar-refractivity contribution < 1.29 is 18.7 Å². The molecule has 0 atom stereocenters.